The highest BCUT2D eigenvalue weighted by Gasteiger charge is 2.23. The molecule has 2 rings (SSSR count). The predicted octanol–water partition coefficient (Wildman–Crippen LogP) is 3.73. The van der Waals surface area contributed by atoms with Gasteiger partial charge in [0, 0.05) is 19.2 Å². The standard InChI is InChI=1S/C18H21BrN2O5S/c1-4-21(5-2)27(23,24)14-8-9-16(25-3)15(12-14)20-18(22)11-7-13-6-10-17(19)26-13/h6-12H,4-5H2,1-3H3,(H,20,22). The summed E-state index contributed by atoms with van der Waals surface area (Å²) < 4.78 is 37.8. The van der Waals surface area contributed by atoms with Gasteiger partial charge in [-0.1, -0.05) is 13.8 Å². The molecule has 1 aromatic heterocycles. The van der Waals surface area contributed by atoms with Crippen LogP contribution in [0, 0.1) is 0 Å². The van der Waals surface area contributed by atoms with Crippen LogP contribution in [0.4, 0.5) is 5.69 Å². The minimum absolute atomic E-state index is 0.0845. The summed E-state index contributed by atoms with van der Waals surface area (Å²) in [4.78, 5) is 12.3. The van der Waals surface area contributed by atoms with Gasteiger partial charge in [-0.15, -0.1) is 0 Å². The second-order valence-corrected chi connectivity index (χ2v) is 8.14. The van der Waals surface area contributed by atoms with Gasteiger partial charge in [0.25, 0.3) is 0 Å². The molecule has 1 aromatic carbocycles. The highest BCUT2D eigenvalue weighted by molar-refractivity contribution is 9.10. The molecule has 0 radical (unpaired) electrons. The quantitative estimate of drug-likeness (QED) is 0.611. The second kappa shape index (κ2) is 9.20. The van der Waals surface area contributed by atoms with Crippen LogP contribution in [-0.4, -0.2) is 38.8 Å². The van der Waals surface area contributed by atoms with E-state index in [1.807, 2.05) is 0 Å². The lowest BCUT2D eigenvalue weighted by Crippen LogP contribution is -2.30. The van der Waals surface area contributed by atoms with Gasteiger partial charge in [0.15, 0.2) is 4.67 Å². The number of hydrogen-bond donors (Lipinski definition) is 1. The lowest BCUT2D eigenvalue weighted by molar-refractivity contribution is -0.111. The van der Waals surface area contributed by atoms with Crippen LogP contribution in [0.2, 0.25) is 0 Å². The first kappa shape index (κ1) is 21.2. The normalized spacial score (nSPS) is 11.9. The molecule has 0 bridgehead atoms. The Kier molecular flexibility index (Phi) is 7.23. The van der Waals surface area contributed by atoms with E-state index in [1.165, 1.54) is 41.8 Å². The highest BCUT2D eigenvalue weighted by Crippen LogP contribution is 2.29. The Labute approximate surface area is 167 Å². The number of sulfonamides is 1. The van der Waals surface area contributed by atoms with E-state index in [9.17, 15) is 13.2 Å². The fourth-order valence-electron chi connectivity index (χ4n) is 2.41. The Hall–Kier alpha value is -2.10. The zero-order valence-corrected chi connectivity index (χ0v) is 17.6. The van der Waals surface area contributed by atoms with Gasteiger partial charge in [0.2, 0.25) is 15.9 Å². The number of benzene rings is 1. The summed E-state index contributed by atoms with van der Waals surface area (Å²) in [7, 11) is -2.20. The summed E-state index contributed by atoms with van der Waals surface area (Å²) in [5.41, 5.74) is 0.265. The molecule has 0 aliphatic heterocycles. The van der Waals surface area contributed by atoms with E-state index in [2.05, 4.69) is 21.2 Å². The number of carbonyl (C=O) groups excluding carboxylic acids is 1. The molecule has 27 heavy (non-hydrogen) atoms. The molecule has 0 saturated carbocycles. The second-order valence-electron chi connectivity index (χ2n) is 5.42. The highest BCUT2D eigenvalue weighted by atomic mass is 79.9. The van der Waals surface area contributed by atoms with Crippen molar-refractivity contribution in [3.8, 4) is 5.75 Å². The van der Waals surface area contributed by atoms with Crippen molar-refractivity contribution < 1.29 is 22.4 Å². The summed E-state index contributed by atoms with van der Waals surface area (Å²) >= 11 is 3.18. The van der Waals surface area contributed by atoms with E-state index in [0.29, 0.717) is 29.3 Å². The average molecular weight is 457 g/mol. The van der Waals surface area contributed by atoms with Crippen LogP contribution in [0.15, 0.2) is 50.4 Å². The third kappa shape index (κ3) is 5.21. The average Bonchev–Trinajstić information content (AvgIpc) is 3.06. The molecule has 0 spiro atoms. The van der Waals surface area contributed by atoms with Crippen molar-refractivity contribution in [1.82, 2.24) is 4.31 Å². The maximum Gasteiger partial charge on any atom is 0.248 e. The van der Waals surface area contributed by atoms with Gasteiger partial charge in [-0.3, -0.25) is 4.79 Å². The number of halogens is 1. The molecule has 7 nitrogen and oxygen atoms in total. The van der Waals surface area contributed by atoms with Crippen LogP contribution in [-0.2, 0) is 14.8 Å². The first-order valence-corrected chi connectivity index (χ1v) is 10.5. The molecular formula is C18H21BrN2O5S. The topological polar surface area (TPSA) is 88.9 Å². The number of ether oxygens (including phenoxy) is 1. The van der Waals surface area contributed by atoms with Crippen LogP contribution >= 0.6 is 15.9 Å². The van der Waals surface area contributed by atoms with Crippen molar-refractivity contribution in [3.63, 3.8) is 0 Å². The third-order valence-electron chi connectivity index (χ3n) is 3.76. The molecule has 0 aliphatic carbocycles. The molecule has 1 N–H and O–H groups in total. The van der Waals surface area contributed by atoms with Gasteiger partial charge in [0.1, 0.15) is 11.5 Å². The molecule has 0 aliphatic rings. The SMILES string of the molecule is CCN(CC)S(=O)(=O)c1ccc(OC)c(NC(=O)C=Cc2ccc(Br)o2)c1. The zero-order valence-electron chi connectivity index (χ0n) is 15.2. The molecule has 0 atom stereocenters. The first-order chi connectivity index (χ1) is 12.8. The summed E-state index contributed by atoms with van der Waals surface area (Å²) in [6.45, 7) is 4.25. The van der Waals surface area contributed by atoms with Crippen molar-refractivity contribution in [2.45, 2.75) is 18.7 Å². The van der Waals surface area contributed by atoms with Crippen molar-refractivity contribution in [1.29, 1.82) is 0 Å². The van der Waals surface area contributed by atoms with E-state index in [-0.39, 0.29) is 10.6 Å². The lowest BCUT2D eigenvalue weighted by Gasteiger charge is -2.19. The minimum Gasteiger partial charge on any atom is -0.495 e. The van der Waals surface area contributed by atoms with Crippen LogP contribution < -0.4 is 10.1 Å². The molecule has 0 fully saturated rings. The summed E-state index contributed by atoms with van der Waals surface area (Å²) in [6.07, 6.45) is 2.79. The van der Waals surface area contributed by atoms with E-state index < -0.39 is 15.9 Å². The van der Waals surface area contributed by atoms with Gasteiger partial charge in [-0.05, 0) is 52.3 Å². The number of nitrogens with zero attached hydrogens (tertiary/aromatic N) is 1. The van der Waals surface area contributed by atoms with Gasteiger partial charge in [-0.2, -0.15) is 4.31 Å². The number of anilines is 1. The molecule has 1 amide bonds. The Morgan fingerprint density at radius 3 is 2.52 bits per heavy atom. The number of furan rings is 1. The molecular weight excluding hydrogens is 436 g/mol. The number of amides is 1. The van der Waals surface area contributed by atoms with Gasteiger partial charge in [-0.25, -0.2) is 8.42 Å². The molecule has 0 saturated heterocycles. The van der Waals surface area contributed by atoms with Crippen LogP contribution in [0.5, 0.6) is 5.75 Å². The lowest BCUT2D eigenvalue weighted by atomic mass is 10.3. The van der Waals surface area contributed by atoms with Crippen molar-refractivity contribution in [2.75, 3.05) is 25.5 Å². The summed E-state index contributed by atoms with van der Waals surface area (Å²) in [6, 6.07) is 7.77. The predicted molar refractivity (Wildman–Crippen MR) is 107 cm³/mol. The van der Waals surface area contributed by atoms with Crippen LogP contribution in [0.25, 0.3) is 6.08 Å². The van der Waals surface area contributed by atoms with E-state index in [1.54, 1.807) is 26.0 Å². The third-order valence-corrected chi connectivity index (χ3v) is 6.24. The number of rotatable bonds is 8. The van der Waals surface area contributed by atoms with Crippen molar-refractivity contribution in [3.05, 3.63) is 46.8 Å². The van der Waals surface area contributed by atoms with Gasteiger partial charge in [0.05, 0.1) is 17.7 Å². The van der Waals surface area contributed by atoms with Crippen LogP contribution in [0.3, 0.4) is 0 Å². The smallest absolute Gasteiger partial charge is 0.248 e. The molecule has 0 unspecified atom stereocenters. The molecule has 146 valence electrons. The summed E-state index contributed by atoms with van der Waals surface area (Å²) in [5.74, 6) is 0.413. The molecule has 9 heteroatoms. The fraction of sp³-hybridized carbons (Fsp3) is 0.278. The number of methoxy groups -OCH3 is 1. The zero-order chi connectivity index (χ0) is 20.0. The van der Waals surface area contributed by atoms with Crippen molar-refractivity contribution >= 4 is 43.6 Å². The van der Waals surface area contributed by atoms with Gasteiger partial charge < -0.3 is 14.5 Å². The Morgan fingerprint density at radius 1 is 1.26 bits per heavy atom. The van der Waals surface area contributed by atoms with Gasteiger partial charge >= 0.3 is 0 Å². The van der Waals surface area contributed by atoms with E-state index in [0.717, 1.165) is 0 Å². The monoisotopic (exact) mass is 456 g/mol. The Balaban J connectivity index is 2.27. The number of nitrogens with one attached hydrogen (secondary N) is 1. The minimum atomic E-state index is -3.65. The fourth-order valence-corrected chi connectivity index (χ4v) is 4.21. The largest absolute Gasteiger partial charge is 0.495 e. The maximum absolute atomic E-state index is 12.7. The maximum atomic E-state index is 12.7. The molecule has 2 aromatic rings. The van der Waals surface area contributed by atoms with E-state index in [4.69, 9.17) is 9.15 Å². The van der Waals surface area contributed by atoms with Crippen molar-refractivity contribution in [2.24, 2.45) is 0 Å². The molecule has 1 heterocycles. The van der Waals surface area contributed by atoms with E-state index >= 15 is 0 Å². The Morgan fingerprint density at radius 2 is 1.96 bits per heavy atom. The number of hydrogen-bond acceptors (Lipinski definition) is 5. The Bertz CT molecular complexity index is 933. The first-order valence-electron chi connectivity index (χ1n) is 8.24. The summed E-state index contributed by atoms with van der Waals surface area (Å²) in [5, 5.41) is 2.64. The van der Waals surface area contributed by atoms with Crippen LogP contribution in [0.1, 0.15) is 19.6 Å². The number of carbonyl (C=O) groups is 1.